The quantitative estimate of drug-likeness (QED) is 0.771. The summed E-state index contributed by atoms with van der Waals surface area (Å²) in [6.45, 7) is 2.78. The highest BCUT2D eigenvalue weighted by molar-refractivity contribution is 6.37. The number of benzene rings is 1. The maximum atomic E-state index is 12.4. The van der Waals surface area contributed by atoms with Gasteiger partial charge >= 0.3 is 0 Å². The molecule has 1 aliphatic rings. The summed E-state index contributed by atoms with van der Waals surface area (Å²) in [4.78, 5) is 26.4. The number of aromatic nitrogens is 1. The molecule has 0 atom stereocenters. The van der Waals surface area contributed by atoms with E-state index >= 15 is 0 Å². The smallest absolute Gasteiger partial charge is 0.246 e. The zero-order valence-corrected chi connectivity index (χ0v) is 16.3. The van der Waals surface area contributed by atoms with Crippen molar-refractivity contribution in [1.29, 1.82) is 0 Å². The van der Waals surface area contributed by atoms with E-state index in [1.165, 1.54) is 6.08 Å². The van der Waals surface area contributed by atoms with Crippen molar-refractivity contribution >= 4 is 46.9 Å². The Morgan fingerprint density at radius 1 is 1.26 bits per heavy atom. The van der Waals surface area contributed by atoms with E-state index in [0.29, 0.717) is 53.1 Å². The van der Waals surface area contributed by atoms with Crippen molar-refractivity contribution in [2.24, 2.45) is 5.92 Å². The van der Waals surface area contributed by atoms with Gasteiger partial charge in [-0.25, -0.2) is 0 Å². The number of rotatable bonds is 4. The molecule has 0 aliphatic carbocycles. The van der Waals surface area contributed by atoms with Gasteiger partial charge in [0, 0.05) is 46.8 Å². The minimum atomic E-state index is -0.159. The summed E-state index contributed by atoms with van der Waals surface area (Å²) in [6.07, 6.45) is 4.27. The Morgan fingerprint density at radius 2 is 1.93 bits per heavy atom. The van der Waals surface area contributed by atoms with Crippen molar-refractivity contribution in [3.8, 4) is 0 Å². The van der Waals surface area contributed by atoms with E-state index in [9.17, 15) is 9.59 Å². The monoisotopic (exact) mass is 407 g/mol. The number of amides is 2. The molecule has 0 unspecified atom stereocenters. The highest BCUT2D eigenvalue weighted by Gasteiger charge is 2.27. The molecule has 3 rings (SSSR count). The van der Waals surface area contributed by atoms with Crippen LogP contribution in [0.15, 0.2) is 34.9 Å². The number of aryl methyl sites for hydroxylation is 1. The lowest BCUT2D eigenvalue weighted by molar-refractivity contribution is -0.130. The van der Waals surface area contributed by atoms with Gasteiger partial charge in [0.2, 0.25) is 11.8 Å². The molecule has 1 aromatic carbocycles. The molecule has 6 nitrogen and oxygen atoms in total. The SMILES string of the molecule is Cc1cc(NC(=O)C2CCN(C(=O)/C=C/c3c(Cl)cccc3Cl)CC2)no1. The van der Waals surface area contributed by atoms with Gasteiger partial charge in [-0.1, -0.05) is 34.4 Å². The first-order valence-electron chi connectivity index (χ1n) is 8.59. The number of likely N-dealkylation sites (tertiary alicyclic amines) is 1. The first-order valence-corrected chi connectivity index (χ1v) is 9.35. The molecule has 0 saturated carbocycles. The Kier molecular flexibility index (Phi) is 6.19. The van der Waals surface area contributed by atoms with Gasteiger partial charge in [0.25, 0.3) is 0 Å². The van der Waals surface area contributed by atoms with Crippen molar-refractivity contribution < 1.29 is 14.1 Å². The summed E-state index contributed by atoms with van der Waals surface area (Å²) < 4.78 is 4.94. The van der Waals surface area contributed by atoms with Crippen LogP contribution in [0.2, 0.25) is 10.0 Å². The fourth-order valence-electron chi connectivity index (χ4n) is 2.95. The van der Waals surface area contributed by atoms with Gasteiger partial charge in [0.05, 0.1) is 0 Å². The Hall–Kier alpha value is -2.31. The second kappa shape index (κ2) is 8.59. The molecule has 0 spiro atoms. The Bertz CT molecular complexity index is 851. The number of hydrogen-bond acceptors (Lipinski definition) is 4. The fourth-order valence-corrected chi connectivity index (χ4v) is 3.47. The molecule has 1 aliphatic heterocycles. The second-order valence-electron chi connectivity index (χ2n) is 6.38. The van der Waals surface area contributed by atoms with Crippen LogP contribution in [-0.4, -0.2) is 35.0 Å². The third-order valence-corrected chi connectivity index (χ3v) is 5.11. The topological polar surface area (TPSA) is 75.4 Å². The van der Waals surface area contributed by atoms with Crippen LogP contribution < -0.4 is 5.32 Å². The molecule has 1 saturated heterocycles. The number of halogens is 2. The average Bonchev–Trinajstić information content (AvgIpc) is 3.06. The van der Waals surface area contributed by atoms with Crippen molar-refractivity contribution in [2.75, 3.05) is 18.4 Å². The second-order valence-corrected chi connectivity index (χ2v) is 7.19. The molecule has 0 radical (unpaired) electrons. The largest absolute Gasteiger partial charge is 0.360 e. The number of carbonyl (C=O) groups is 2. The average molecular weight is 408 g/mol. The summed E-state index contributed by atoms with van der Waals surface area (Å²) in [5.41, 5.74) is 0.617. The van der Waals surface area contributed by atoms with Gasteiger partial charge < -0.3 is 14.7 Å². The van der Waals surface area contributed by atoms with Crippen LogP contribution in [0, 0.1) is 12.8 Å². The highest BCUT2D eigenvalue weighted by atomic mass is 35.5. The van der Waals surface area contributed by atoms with Crippen LogP contribution in [-0.2, 0) is 9.59 Å². The van der Waals surface area contributed by atoms with E-state index in [1.54, 1.807) is 42.2 Å². The molecule has 27 heavy (non-hydrogen) atoms. The molecule has 2 heterocycles. The van der Waals surface area contributed by atoms with Crippen LogP contribution in [0.4, 0.5) is 5.82 Å². The lowest BCUT2D eigenvalue weighted by atomic mass is 9.96. The Morgan fingerprint density at radius 3 is 2.52 bits per heavy atom. The van der Waals surface area contributed by atoms with E-state index < -0.39 is 0 Å². The first kappa shape index (κ1) is 19.5. The third kappa shape index (κ3) is 4.90. The maximum absolute atomic E-state index is 12.4. The van der Waals surface area contributed by atoms with Gasteiger partial charge in [-0.2, -0.15) is 0 Å². The van der Waals surface area contributed by atoms with Crippen LogP contribution in [0.1, 0.15) is 24.2 Å². The third-order valence-electron chi connectivity index (χ3n) is 4.45. The van der Waals surface area contributed by atoms with Gasteiger partial charge in [-0.05, 0) is 38.0 Å². The van der Waals surface area contributed by atoms with Crippen LogP contribution >= 0.6 is 23.2 Å². The van der Waals surface area contributed by atoms with Crippen LogP contribution in [0.25, 0.3) is 6.08 Å². The number of carbonyl (C=O) groups excluding carboxylic acids is 2. The van der Waals surface area contributed by atoms with Gasteiger partial charge in [0.1, 0.15) is 5.76 Å². The molecular formula is C19H19Cl2N3O3. The van der Waals surface area contributed by atoms with E-state index in [2.05, 4.69) is 10.5 Å². The Labute approximate surface area is 167 Å². The molecule has 1 N–H and O–H groups in total. The molecule has 0 bridgehead atoms. The molecule has 142 valence electrons. The highest BCUT2D eigenvalue weighted by Crippen LogP contribution is 2.26. The van der Waals surface area contributed by atoms with Crippen LogP contribution in [0.3, 0.4) is 0 Å². The predicted molar refractivity (Wildman–Crippen MR) is 105 cm³/mol. The van der Waals surface area contributed by atoms with E-state index in [0.717, 1.165) is 0 Å². The summed E-state index contributed by atoms with van der Waals surface area (Å²) in [5, 5.41) is 7.49. The molecule has 2 amide bonds. The number of anilines is 1. The first-order chi connectivity index (χ1) is 12.9. The van der Waals surface area contributed by atoms with Crippen molar-refractivity contribution in [3.63, 3.8) is 0 Å². The van der Waals surface area contributed by atoms with Gasteiger partial charge in [0.15, 0.2) is 5.82 Å². The lowest BCUT2D eigenvalue weighted by Gasteiger charge is -2.30. The summed E-state index contributed by atoms with van der Waals surface area (Å²) in [6, 6.07) is 6.86. The maximum Gasteiger partial charge on any atom is 0.246 e. The van der Waals surface area contributed by atoms with Crippen molar-refractivity contribution in [1.82, 2.24) is 10.1 Å². The fraction of sp³-hybridized carbons (Fsp3) is 0.316. The molecule has 8 heteroatoms. The lowest BCUT2D eigenvalue weighted by Crippen LogP contribution is -2.40. The summed E-state index contributed by atoms with van der Waals surface area (Å²) in [7, 11) is 0. The van der Waals surface area contributed by atoms with E-state index in [1.807, 2.05) is 0 Å². The normalized spacial score (nSPS) is 15.3. The standard InChI is InChI=1S/C19H19Cl2N3O3/c1-12-11-17(23-27-12)22-19(26)13-7-9-24(10-8-13)18(25)6-5-14-15(20)3-2-4-16(14)21/h2-6,11,13H,7-10H2,1H3,(H,22,23,26)/b6-5+. The molecule has 2 aromatic rings. The zero-order chi connectivity index (χ0) is 19.4. The Balaban J connectivity index is 1.53. The van der Waals surface area contributed by atoms with Gasteiger partial charge in [-0.15, -0.1) is 0 Å². The number of nitrogens with one attached hydrogen (secondary N) is 1. The van der Waals surface area contributed by atoms with Gasteiger partial charge in [-0.3, -0.25) is 9.59 Å². The molecule has 1 aromatic heterocycles. The number of hydrogen-bond donors (Lipinski definition) is 1. The zero-order valence-electron chi connectivity index (χ0n) is 14.7. The van der Waals surface area contributed by atoms with E-state index in [-0.39, 0.29) is 17.7 Å². The predicted octanol–water partition coefficient (Wildman–Crippen LogP) is 4.18. The summed E-state index contributed by atoms with van der Waals surface area (Å²) in [5.74, 6) is 0.658. The van der Waals surface area contributed by atoms with E-state index in [4.69, 9.17) is 27.7 Å². The van der Waals surface area contributed by atoms with Crippen molar-refractivity contribution in [2.45, 2.75) is 19.8 Å². The van der Waals surface area contributed by atoms with Crippen molar-refractivity contribution in [3.05, 3.63) is 51.7 Å². The molecular weight excluding hydrogens is 389 g/mol. The summed E-state index contributed by atoms with van der Waals surface area (Å²) >= 11 is 12.2. The molecule has 1 fully saturated rings. The van der Waals surface area contributed by atoms with Crippen LogP contribution in [0.5, 0.6) is 0 Å². The number of piperidine rings is 1. The number of nitrogens with zero attached hydrogens (tertiary/aromatic N) is 2. The minimum Gasteiger partial charge on any atom is -0.360 e. The minimum absolute atomic E-state index is 0.103.